The van der Waals surface area contributed by atoms with Gasteiger partial charge in [0.1, 0.15) is 0 Å². The normalized spacial score (nSPS) is 11.7. The van der Waals surface area contributed by atoms with Crippen molar-refractivity contribution in [2.75, 3.05) is 4.72 Å². The highest BCUT2D eigenvalue weighted by Crippen LogP contribution is 2.28. The average molecular weight is 334 g/mol. The van der Waals surface area contributed by atoms with Crippen molar-refractivity contribution in [3.05, 3.63) is 79.1 Å². The summed E-state index contributed by atoms with van der Waals surface area (Å²) in [6, 6.07) is 20.1. The summed E-state index contributed by atoms with van der Waals surface area (Å²) in [7, 11) is -3.71. The van der Waals surface area contributed by atoms with Crippen LogP contribution in [-0.4, -0.2) is 13.4 Å². The van der Waals surface area contributed by atoms with Gasteiger partial charge in [0, 0.05) is 28.6 Å². The molecule has 0 spiro atoms. The van der Waals surface area contributed by atoms with Crippen LogP contribution in [0.1, 0.15) is 0 Å². The Balaban J connectivity index is 1.86. The van der Waals surface area contributed by atoms with Crippen LogP contribution in [0.3, 0.4) is 0 Å². The Morgan fingerprint density at radius 3 is 2.42 bits per heavy atom. The van der Waals surface area contributed by atoms with Gasteiger partial charge in [-0.3, -0.25) is 9.71 Å². The van der Waals surface area contributed by atoms with Crippen molar-refractivity contribution in [2.45, 2.75) is 4.90 Å². The number of rotatable bonds is 3. The van der Waals surface area contributed by atoms with Crippen LogP contribution in [0, 0.1) is 0 Å². The molecule has 0 aliphatic rings. The molecule has 0 fully saturated rings. The monoisotopic (exact) mass is 334 g/mol. The summed E-state index contributed by atoms with van der Waals surface area (Å²) in [5.74, 6) is 0. The topological polar surface area (TPSA) is 59.1 Å². The summed E-state index contributed by atoms with van der Waals surface area (Å²) in [6.07, 6.45) is 3.26. The highest BCUT2D eigenvalue weighted by molar-refractivity contribution is 7.93. The van der Waals surface area contributed by atoms with Gasteiger partial charge < -0.3 is 0 Å². The highest BCUT2D eigenvalue weighted by atomic mass is 32.2. The Hall–Kier alpha value is -2.92. The third-order valence-electron chi connectivity index (χ3n) is 3.96. The van der Waals surface area contributed by atoms with E-state index in [1.807, 2.05) is 42.5 Å². The number of hydrogen-bond acceptors (Lipinski definition) is 3. The number of nitrogens with zero attached hydrogens (tertiary/aromatic N) is 1. The first kappa shape index (κ1) is 14.7. The molecular weight excluding hydrogens is 320 g/mol. The molecule has 4 nitrogen and oxygen atoms in total. The van der Waals surface area contributed by atoms with E-state index in [-0.39, 0.29) is 4.90 Å². The first-order chi connectivity index (χ1) is 11.6. The summed E-state index contributed by atoms with van der Waals surface area (Å²) in [6.45, 7) is 0. The van der Waals surface area contributed by atoms with E-state index < -0.39 is 10.0 Å². The predicted molar refractivity (Wildman–Crippen MR) is 96.5 cm³/mol. The standard InChI is InChI=1S/C19H14N2O2S/c22-24(23,19-10-4-7-15-13-20-12-11-17(15)19)21-18-9-3-6-14-5-1-2-8-16(14)18/h1-13,21H. The zero-order chi connectivity index (χ0) is 16.6. The lowest BCUT2D eigenvalue weighted by Crippen LogP contribution is -2.13. The van der Waals surface area contributed by atoms with Crippen molar-refractivity contribution >= 4 is 37.3 Å². The SMILES string of the molecule is O=S(=O)(Nc1cccc2ccccc12)c1cccc2cnccc12. The Morgan fingerprint density at radius 1 is 0.750 bits per heavy atom. The van der Waals surface area contributed by atoms with Gasteiger partial charge in [-0.25, -0.2) is 8.42 Å². The Bertz CT molecular complexity index is 1140. The van der Waals surface area contributed by atoms with Gasteiger partial charge in [0.2, 0.25) is 0 Å². The molecular formula is C19H14N2O2S. The molecule has 0 aliphatic carbocycles. The Morgan fingerprint density at radius 2 is 1.50 bits per heavy atom. The van der Waals surface area contributed by atoms with Crippen molar-refractivity contribution in [3.63, 3.8) is 0 Å². The van der Waals surface area contributed by atoms with Crippen LogP contribution >= 0.6 is 0 Å². The van der Waals surface area contributed by atoms with Gasteiger partial charge in [-0.1, -0.05) is 48.5 Å². The second kappa shape index (κ2) is 5.62. The number of benzene rings is 3. The quantitative estimate of drug-likeness (QED) is 0.611. The second-order valence-electron chi connectivity index (χ2n) is 5.49. The Kier molecular flexibility index (Phi) is 3.43. The lowest BCUT2D eigenvalue weighted by molar-refractivity contribution is 0.602. The van der Waals surface area contributed by atoms with Crippen LogP contribution in [0.15, 0.2) is 84.0 Å². The number of hydrogen-bond donors (Lipinski definition) is 1. The summed E-state index contributed by atoms with van der Waals surface area (Å²) in [5.41, 5.74) is 0.569. The molecule has 118 valence electrons. The highest BCUT2D eigenvalue weighted by Gasteiger charge is 2.18. The Labute approximate surface area is 139 Å². The fraction of sp³-hybridized carbons (Fsp3) is 0. The van der Waals surface area contributed by atoms with Crippen molar-refractivity contribution in [3.8, 4) is 0 Å². The van der Waals surface area contributed by atoms with Crippen LogP contribution in [0.25, 0.3) is 21.5 Å². The molecule has 0 amide bonds. The zero-order valence-electron chi connectivity index (χ0n) is 12.7. The van der Waals surface area contributed by atoms with Gasteiger partial charge in [0.25, 0.3) is 10.0 Å². The summed E-state index contributed by atoms with van der Waals surface area (Å²) in [4.78, 5) is 4.29. The summed E-state index contributed by atoms with van der Waals surface area (Å²) in [5, 5.41) is 3.30. The second-order valence-corrected chi connectivity index (χ2v) is 7.14. The van der Waals surface area contributed by atoms with E-state index in [1.54, 1.807) is 36.7 Å². The molecule has 5 heteroatoms. The maximum Gasteiger partial charge on any atom is 0.262 e. The molecule has 0 radical (unpaired) electrons. The van der Waals surface area contributed by atoms with Gasteiger partial charge in [0.15, 0.2) is 0 Å². The third kappa shape index (κ3) is 2.49. The minimum Gasteiger partial charge on any atom is -0.279 e. The van der Waals surface area contributed by atoms with Gasteiger partial charge in [-0.15, -0.1) is 0 Å². The minimum absolute atomic E-state index is 0.246. The van der Waals surface area contributed by atoms with E-state index in [0.29, 0.717) is 11.1 Å². The molecule has 3 aromatic carbocycles. The summed E-state index contributed by atoms with van der Waals surface area (Å²) < 4.78 is 28.6. The molecule has 1 aromatic heterocycles. The van der Waals surface area contributed by atoms with Crippen LogP contribution in [-0.2, 0) is 10.0 Å². The number of pyridine rings is 1. The molecule has 0 aliphatic heterocycles. The van der Waals surface area contributed by atoms with E-state index in [4.69, 9.17) is 0 Å². The van der Waals surface area contributed by atoms with E-state index in [1.165, 1.54) is 0 Å². The van der Waals surface area contributed by atoms with Gasteiger partial charge >= 0.3 is 0 Å². The van der Waals surface area contributed by atoms with E-state index in [2.05, 4.69) is 9.71 Å². The maximum atomic E-state index is 12.9. The van der Waals surface area contributed by atoms with E-state index >= 15 is 0 Å². The van der Waals surface area contributed by atoms with Crippen molar-refractivity contribution in [1.29, 1.82) is 0 Å². The van der Waals surface area contributed by atoms with Crippen LogP contribution in [0.2, 0.25) is 0 Å². The van der Waals surface area contributed by atoms with Gasteiger partial charge in [-0.05, 0) is 23.6 Å². The first-order valence-electron chi connectivity index (χ1n) is 7.48. The van der Waals surface area contributed by atoms with Crippen molar-refractivity contribution in [2.24, 2.45) is 0 Å². The van der Waals surface area contributed by atoms with E-state index in [0.717, 1.165) is 16.2 Å². The molecule has 0 bridgehead atoms. The summed E-state index contributed by atoms with van der Waals surface area (Å²) >= 11 is 0. The molecule has 0 unspecified atom stereocenters. The smallest absolute Gasteiger partial charge is 0.262 e. The zero-order valence-corrected chi connectivity index (χ0v) is 13.5. The lowest BCUT2D eigenvalue weighted by Gasteiger charge is -2.12. The third-order valence-corrected chi connectivity index (χ3v) is 5.39. The molecule has 0 atom stereocenters. The minimum atomic E-state index is -3.71. The van der Waals surface area contributed by atoms with Crippen LogP contribution < -0.4 is 4.72 Å². The number of fused-ring (bicyclic) bond motifs is 2. The van der Waals surface area contributed by atoms with Crippen LogP contribution in [0.5, 0.6) is 0 Å². The predicted octanol–water partition coefficient (Wildman–Crippen LogP) is 4.19. The lowest BCUT2D eigenvalue weighted by atomic mass is 10.1. The van der Waals surface area contributed by atoms with Gasteiger partial charge in [0.05, 0.1) is 10.6 Å². The molecule has 0 saturated carbocycles. The first-order valence-corrected chi connectivity index (χ1v) is 8.97. The van der Waals surface area contributed by atoms with E-state index in [9.17, 15) is 8.42 Å². The fourth-order valence-electron chi connectivity index (χ4n) is 2.84. The molecule has 24 heavy (non-hydrogen) atoms. The van der Waals surface area contributed by atoms with Gasteiger partial charge in [-0.2, -0.15) is 0 Å². The molecule has 1 heterocycles. The average Bonchev–Trinajstić information content (AvgIpc) is 2.61. The number of aromatic nitrogens is 1. The van der Waals surface area contributed by atoms with Crippen LogP contribution in [0.4, 0.5) is 5.69 Å². The van der Waals surface area contributed by atoms with Crippen molar-refractivity contribution < 1.29 is 8.42 Å². The molecule has 4 aromatic rings. The number of anilines is 1. The molecule has 0 saturated heterocycles. The number of nitrogens with one attached hydrogen (secondary N) is 1. The molecule has 4 rings (SSSR count). The van der Waals surface area contributed by atoms with Crippen molar-refractivity contribution in [1.82, 2.24) is 4.98 Å². The maximum absolute atomic E-state index is 12.9. The fourth-order valence-corrected chi connectivity index (χ4v) is 4.15. The number of sulfonamides is 1. The molecule has 1 N–H and O–H groups in total. The largest absolute Gasteiger partial charge is 0.279 e.